The molecule has 1 nitrogen and oxygen atoms in total. The molecule has 1 heterocycles. The van der Waals surface area contributed by atoms with Crippen LogP contribution in [0.25, 0.3) is 0 Å². The Morgan fingerprint density at radius 3 is 2.62 bits per heavy atom. The summed E-state index contributed by atoms with van der Waals surface area (Å²) in [5, 5.41) is 0. The number of likely N-dealkylation sites (tertiary alicyclic amines) is 1. The van der Waals surface area contributed by atoms with Crippen molar-refractivity contribution in [2.24, 2.45) is 0 Å². The molecule has 1 fully saturated rings. The van der Waals surface area contributed by atoms with Crippen molar-refractivity contribution in [1.82, 2.24) is 4.90 Å². The molecule has 1 atom stereocenters. The summed E-state index contributed by atoms with van der Waals surface area (Å²) in [7, 11) is 2.21. The Hall–Kier alpha value is 0.557. The molecular formula is C6H12LiN. The van der Waals surface area contributed by atoms with Gasteiger partial charge in [-0.05, 0) is 0 Å². The van der Waals surface area contributed by atoms with E-state index in [9.17, 15) is 0 Å². The van der Waals surface area contributed by atoms with Crippen LogP contribution in [0.15, 0.2) is 0 Å². The molecule has 0 aromatic heterocycles. The van der Waals surface area contributed by atoms with Gasteiger partial charge >= 0.3 is 60.2 Å². The molecule has 0 radical (unpaired) electrons. The van der Waals surface area contributed by atoms with Crippen molar-refractivity contribution in [3.8, 4) is 0 Å². The van der Waals surface area contributed by atoms with E-state index in [-0.39, 0.29) is 0 Å². The first-order chi connectivity index (χ1) is 3.80. The van der Waals surface area contributed by atoms with Crippen LogP contribution in [-0.4, -0.2) is 40.9 Å². The average molecular weight is 105 g/mol. The summed E-state index contributed by atoms with van der Waals surface area (Å²) in [4.78, 5) is 2.43. The first-order valence-electron chi connectivity index (χ1n) is 3.51. The summed E-state index contributed by atoms with van der Waals surface area (Å²) >= 11 is 2.30. The third-order valence-corrected chi connectivity index (χ3v) is 2.14. The zero-order chi connectivity index (χ0) is 5.98. The van der Waals surface area contributed by atoms with E-state index in [1.165, 1.54) is 25.8 Å². The fourth-order valence-corrected chi connectivity index (χ4v) is 1.24. The van der Waals surface area contributed by atoms with Gasteiger partial charge in [-0.2, -0.15) is 0 Å². The standard InChI is InChI=1S/C6H12N.Li/c1-7-5-3-2-4-6-7;/h5H,2-4,6H2,1H3;. The predicted molar refractivity (Wildman–Crippen MR) is 36.0 cm³/mol. The molecule has 2 heteroatoms. The van der Waals surface area contributed by atoms with Crippen LogP contribution in [-0.2, 0) is 0 Å². The van der Waals surface area contributed by atoms with Crippen molar-refractivity contribution in [2.45, 2.75) is 24.0 Å². The van der Waals surface area contributed by atoms with Gasteiger partial charge in [0, 0.05) is 0 Å². The summed E-state index contributed by atoms with van der Waals surface area (Å²) < 4.78 is 0.837. The van der Waals surface area contributed by atoms with E-state index in [4.69, 9.17) is 0 Å². The van der Waals surface area contributed by atoms with Gasteiger partial charge < -0.3 is 0 Å². The van der Waals surface area contributed by atoms with Crippen LogP contribution in [0.3, 0.4) is 0 Å². The van der Waals surface area contributed by atoms with E-state index in [1.807, 2.05) is 0 Å². The van der Waals surface area contributed by atoms with Crippen molar-refractivity contribution in [3.05, 3.63) is 0 Å². The van der Waals surface area contributed by atoms with Crippen LogP contribution in [0.4, 0.5) is 0 Å². The van der Waals surface area contributed by atoms with E-state index in [2.05, 4.69) is 29.7 Å². The molecule has 1 unspecified atom stereocenters. The first kappa shape index (κ1) is 6.67. The molecule has 0 aromatic carbocycles. The first-order valence-corrected chi connectivity index (χ1v) is 3.51. The van der Waals surface area contributed by atoms with Crippen LogP contribution >= 0.6 is 0 Å². The van der Waals surface area contributed by atoms with Gasteiger partial charge in [0.05, 0.1) is 0 Å². The topological polar surface area (TPSA) is 3.24 Å². The van der Waals surface area contributed by atoms with Gasteiger partial charge in [-0.25, -0.2) is 0 Å². The molecule has 1 rings (SSSR count). The maximum atomic E-state index is 2.43. The molecule has 0 N–H and O–H groups in total. The van der Waals surface area contributed by atoms with E-state index < -0.39 is 0 Å². The maximum absolute atomic E-state index is 2.43. The van der Waals surface area contributed by atoms with E-state index in [1.54, 1.807) is 0 Å². The Morgan fingerprint density at radius 1 is 1.50 bits per heavy atom. The number of hydrogen-bond acceptors (Lipinski definition) is 1. The van der Waals surface area contributed by atoms with E-state index >= 15 is 0 Å². The predicted octanol–water partition coefficient (Wildman–Crippen LogP) is 0.597. The third-order valence-electron chi connectivity index (χ3n) is 2.14. The molecule has 8 heavy (non-hydrogen) atoms. The number of piperidine rings is 1. The van der Waals surface area contributed by atoms with Crippen molar-refractivity contribution in [3.63, 3.8) is 0 Å². The molecule has 1 aliphatic heterocycles. The third kappa shape index (κ3) is 1.52. The molecule has 0 amide bonds. The van der Waals surface area contributed by atoms with Gasteiger partial charge in [-0.1, -0.05) is 0 Å². The molecule has 0 bridgehead atoms. The zero-order valence-electron chi connectivity index (χ0n) is 5.85. The molecular weight excluding hydrogens is 93.0 g/mol. The van der Waals surface area contributed by atoms with Crippen LogP contribution in [0, 0.1) is 0 Å². The Kier molecular flexibility index (Phi) is 2.43. The summed E-state index contributed by atoms with van der Waals surface area (Å²) in [6, 6.07) is 0. The number of rotatable bonds is 0. The summed E-state index contributed by atoms with van der Waals surface area (Å²) in [5.74, 6) is 0. The summed E-state index contributed by atoms with van der Waals surface area (Å²) in [5.41, 5.74) is 0. The Labute approximate surface area is 60.6 Å². The van der Waals surface area contributed by atoms with E-state index in [0.29, 0.717) is 0 Å². The SMILES string of the molecule is [Li][CH]1CCCCN1C. The fraction of sp³-hybridized carbons (Fsp3) is 1.00. The Bertz CT molecular complexity index is 64.9. The van der Waals surface area contributed by atoms with E-state index in [0.717, 1.165) is 4.71 Å². The molecule has 42 valence electrons. The second kappa shape index (κ2) is 2.92. The number of nitrogens with zero attached hydrogens (tertiary/aromatic N) is 1. The van der Waals surface area contributed by atoms with Crippen molar-refractivity contribution in [2.75, 3.05) is 13.6 Å². The van der Waals surface area contributed by atoms with Crippen LogP contribution < -0.4 is 0 Å². The van der Waals surface area contributed by atoms with Gasteiger partial charge in [0.1, 0.15) is 0 Å². The van der Waals surface area contributed by atoms with Crippen molar-refractivity contribution >= 4 is 17.7 Å². The number of hydrogen-bond donors (Lipinski definition) is 0. The van der Waals surface area contributed by atoms with Gasteiger partial charge in [-0.15, -0.1) is 0 Å². The van der Waals surface area contributed by atoms with Crippen LogP contribution in [0.2, 0.25) is 0 Å². The van der Waals surface area contributed by atoms with Crippen LogP contribution in [0.5, 0.6) is 0 Å². The van der Waals surface area contributed by atoms with Crippen molar-refractivity contribution in [1.29, 1.82) is 0 Å². The fourth-order valence-electron chi connectivity index (χ4n) is 1.24. The second-order valence-corrected chi connectivity index (χ2v) is 2.83. The molecule has 1 saturated heterocycles. The van der Waals surface area contributed by atoms with Gasteiger partial charge in [-0.3, -0.25) is 0 Å². The van der Waals surface area contributed by atoms with Gasteiger partial charge in [0.25, 0.3) is 0 Å². The van der Waals surface area contributed by atoms with Crippen LogP contribution in [0.1, 0.15) is 19.3 Å². The molecule has 0 aliphatic carbocycles. The monoisotopic (exact) mass is 105 g/mol. The van der Waals surface area contributed by atoms with Gasteiger partial charge in [0.15, 0.2) is 0 Å². The molecule has 0 spiro atoms. The Morgan fingerprint density at radius 2 is 2.25 bits per heavy atom. The normalized spacial score (nSPS) is 33.1. The average Bonchev–Trinajstić information content (AvgIpc) is 1.77. The van der Waals surface area contributed by atoms with Crippen molar-refractivity contribution < 1.29 is 0 Å². The minimum atomic E-state index is 0.837. The summed E-state index contributed by atoms with van der Waals surface area (Å²) in [6.07, 6.45) is 4.24. The minimum absolute atomic E-state index is 0.837. The molecule has 0 saturated carbocycles. The van der Waals surface area contributed by atoms with Gasteiger partial charge in [0.2, 0.25) is 0 Å². The second-order valence-electron chi connectivity index (χ2n) is 2.83. The molecule has 1 aliphatic rings. The Balaban J connectivity index is 2.28. The quantitative estimate of drug-likeness (QED) is 0.408. The molecule has 0 aromatic rings. The summed E-state index contributed by atoms with van der Waals surface area (Å²) in [6.45, 7) is 1.31. The zero-order valence-corrected chi connectivity index (χ0v) is 5.85.